The van der Waals surface area contributed by atoms with Gasteiger partial charge in [0.1, 0.15) is 4.90 Å². The first-order valence-corrected chi connectivity index (χ1v) is 6.99. The lowest BCUT2D eigenvalue weighted by atomic mass is 10.2. The van der Waals surface area contributed by atoms with Crippen molar-refractivity contribution in [2.75, 3.05) is 0 Å². The predicted octanol–water partition coefficient (Wildman–Crippen LogP) is 1.34. The molecule has 1 rings (SSSR count). The minimum atomic E-state index is -3.66. The third-order valence-corrected chi connectivity index (χ3v) is 3.73. The monoisotopic (exact) mass is 245 g/mol. The van der Waals surface area contributed by atoms with Crippen molar-refractivity contribution in [1.82, 2.24) is 9.78 Å². The van der Waals surface area contributed by atoms with E-state index in [-0.39, 0.29) is 4.90 Å². The second kappa shape index (κ2) is 4.97. The van der Waals surface area contributed by atoms with Crippen LogP contribution in [0, 0.1) is 13.8 Å². The molecule has 5 nitrogen and oxygen atoms in total. The van der Waals surface area contributed by atoms with Crippen molar-refractivity contribution in [2.45, 2.75) is 51.5 Å². The number of rotatable bonds is 5. The van der Waals surface area contributed by atoms with Crippen LogP contribution in [0.15, 0.2) is 4.90 Å². The number of hydrogen-bond donors (Lipinski definition) is 1. The van der Waals surface area contributed by atoms with Crippen molar-refractivity contribution >= 4 is 10.0 Å². The van der Waals surface area contributed by atoms with Gasteiger partial charge in [0.05, 0.1) is 11.4 Å². The molecule has 0 aromatic carbocycles. The molecular weight excluding hydrogens is 226 g/mol. The van der Waals surface area contributed by atoms with E-state index in [9.17, 15) is 8.42 Å². The summed E-state index contributed by atoms with van der Waals surface area (Å²) in [6.45, 7) is 6.28. The van der Waals surface area contributed by atoms with Crippen LogP contribution in [-0.4, -0.2) is 18.2 Å². The summed E-state index contributed by atoms with van der Waals surface area (Å²) in [7, 11) is -3.66. The molecule has 0 saturated heterocycles. The van der Waals surface area contributed by atoms with Crippen LogP contribution in [0.2, 0.25) is 0 Å². The molecule has 0 atom stereocenters. The number of hydrogen-bond acceptors (Lipinski definition) is 3. The molecule has 0 unspecified atom stereocenters. The maximum atomic E-state index is 11.3. The average molecular weight is 245 g/mol. The Hall–Kier alpha value is -0.880. The standard InChI is InChI=1S/C10H19N3O2S/c1-4-5-6-7-13-9(3)10(8(2)12-13)16(11,14)15/h4-7H2,1-3H3,(H2,11,14,15). The van der Waals surface area contributed by atoms with Crippen LogP contribution in [0.1, 0.15) is 37.6 Å². The molecule has 0 bridgehead atoms. The minimum absolute atomic E-state index is 0.170. The van der Waals surface area contributed by atoms with Crippen molar-refractivity contribution in [1.29, 1.82) is 0 Å². The van der Waals surface area contributed by atoms with Crippen molar-refractivity contribution in [3.8, 4) is 0 Å². The van der Waals surface area contributed by atoms with Gasteiger partial charge in [-0.25, -0.2) is 13.6 Å². The molecule has 0 aliphatic carbocycles. The summed E-state index contributed by atoms with van der Waals surface area (Å²) in [5.41, 5.74) is 1.12. The van der Waals surface area contributed by atoms with Crippen LogP contribution in [0.5, 0.6) is 0 Å². The number of nitrogens with two attached hydrogens (primary N) is 1. The summed E-state index contributed by atoms with van der Waals surface area (Å²) < 4.78 is 24.4. The highest BCUT2D eigenvalue weighted by atomic mass is 32.2. The van der Waals surface area contributed by atoms with E-state index in [2.05, 4.69) is 12.0 Å². The van der Waals surface area contributed by atoms with Gasteiger partial charge in [0.15, 0.2) is 0 Å². The Bertz CT molecular complexity index is 463. The van der Waals surface area contributed by atoms with Gasteiger partial charge in [-0.05, 0) is 20.3 Å². The summed E-state index contributed by atoms with van der Waals surface area (Å²) in [4.78, 5) is 0.170. The van der Waals surface area contributed by atoms with E-state index in [1.54, 1.807) is 18.5 Å². The summed E-state index contributed by atoms with van der Waals surface area (Å²) in [6, 6.07) is 0. The highest BCUT2D eigenvalue weighted by Crippen LogP contribution is 2.18. The van der Waals surface area contributed by atoms with Crippen LogP contribution in [0.4, 0.5) is 0 Å². The molecule has 16 heavy (non-hydrogen) atoms. The van der Waals surface area contributed by atoms with Gasteiger partial charge < -0.3 is 0 Å². The molecule has 0 aliphatic heterocycles. The van der Waals surface area contributed by atoms with E-state index in [0.29, 0.717) is 11.4 Å². The molecule has 0 fully saturated rings. The Balaban J connectivity index is 2.99. The van der Waals surface area contributed by atoms with E-state index in [1.807, 2.05) is 0 Å². The second-order valence-electron chi connectivity index (χ2n) is 3.98. The van der Waals surface area contributed by atoms with E-state index >= 15 is 0 Å². The first-order chi connectivity index (χ1) is 7.38. The molecule has 0 radical (unpaired) electrons. The number of unbranched alkanes of at least 4 members (excludes halogenated alkanes) is 2. The Morgan fingerprint density at radius 1 is 1.31 bits per heavy atom. The van der Waals surface area contributed by atoms with Crippen LogP contribution < -0.4 is 5.14 Å². The van der Waals surface area contributed by atoms with Crippen molar-refractivity contribution in [2.24, 2.45) is 5.14 Å². The molecule has 92 valence electrons. The summed E-state index contributed by atoms with van der Waals surface area (Å²) >= 11 is 0. The Labute approximate surface area is 96.7 Å². The van der Waals surface area contributed by atoms with Gasteiger partial charge in [-0.2, -0.15) is 5.10 Å². The van der Waals surface area contributed by atoms with Crippen molar-refractivity contribution in [3.63, 3.8) is 0 Å². The Morgan fingerprint density at radius 3 is 2.38 bits per heavy atom. The lowest BCUT2D eigenvalue weighted by Gasteiger charge is -2.03. The fourth-order valence-electron chi connectivity index (χ4n) is 1.82. The zero-order valence-corrected chi connectivity index (χ0v) is 10.8. The van der Waals surface area contributed by atoms with Gasteiger partial charge in [0.25, 0.3) is 0 Å². The van der Waals surface area contributed by atoms with Crippen LogP contribution in [0.3, 0.4) is 0 Å². The fourth-order valence-corrected chi connectivity index (χ4v) is 2.79. The molecule has 0 spiro atoms. The van der Waals surface area contributed by atoms with Gasteiger partial charge in [-0.1, -0.05) is 19.8 Å². The van der Waals surface area contributed by atoms with Crippen molar-refractivity contribution in [3.05, 3.63) is 11.4 Å². The Kier molecular flexibility index (Phi) is 4.09. The van der Waals surface area contributed by atoms with Gasteiger partial charge in [-0.3, -0.25) is 4.68 Å². The zero-order valence-electron chi connectivity index (χ0n) is 10.0. The van der Waals surface area contributed by atoms with E-state index < -0.39 is 10.0 Å². The molecule has 6 heteroatoms. The highest BCUT2D eigenvalue weighted by Gasteiger charge is 2.20. The summed E-state index contributed by atoms with van der Waals surface area (Å²) in [5, 5.41) is 9.35. The van der Waals surface area contributed by atoms with Crippen LogP contribution in [0.25, 0.3) is 0 Å². The topological polar surface area (TPSA) is 78.0 Å². The maximum Gasteiger partial charge on any atom is 0.241 e. The van der Waals surface area contributed by atoms with E-state index in [4.69, 9.17) is 5.14 Å². The van der Waals surface area contributed by atoms with Gasteiger partial charge in [0.2, 0.25) is 10.0 Å². The molecule has 0 aliphatic rings. The largest absolute Gasteiger partial charge is 0.268 e. The van der Waals surface area contributed by atoms with Gasteiger partial charge >= 0.3 is 0 Å². The molecule has 2 N–H and O–H groups in total. The Morgan fingerprint density at radius 2 is 1.94 bits per heavy atom. The zero-order chi connectivity index (χ0) is 12.3. The predicted molar refractivity (Wildman–Crippen MR) is 62.6 cm³/mol. The number of sulfonamides is 1. The lowest BCUT2D eigenvalue weighted by Crippen LogP contribution is -2.14. The van der Waals surface area contributed by atoms with Crippen LogP contribution >= 0.6 is 0 Å². The molecule has 1 aromatic rings. The first-order valence-electron chi connectivity index (χ1n) is 5.44. The molecule has 1 heterocycles. The highest BCUT2D eigenvalue weighted by molar-refractivity contribution is 7.89. The quantitative estimate of drug-likeness (QED) is 0.795. The second-order valence-corrected chi connectivity index (χ2v) is 5.47. The maximum absolute atomic E-state index is 11.3. The first kappa shape index (κ1) is 13.2. The summed E-state index contributed by atoms with van der Waals surface area (Å²) in [6.07, 6.45) is 3.24. The minimum Gasteiger partial charge on any atom is -0.268 e. The van der Waals surface area contributed by atoms with Crippen LogP contribution in [-0.2, 0) is 16.6 Å². The molecule has 0 amide bonds. The summed E-state index contributed by atoms with van der Waals surface area (Å²) in [5.74, 6) is 0. The third kappa shape index (κ3) is 2.82. The van der Waals surface area contributed by atoms with Gasteiger partial charge in [-0.15, -0.1) is 0 Å². The molecule has 0 saturated carbocycles. The van der Waals surface area contributed by atoms with Crippen molar-refractivity contribution < 1.29 is 8.42 Å². The molecule has 1 aromatic heterocycles. The number of aromatic nitrogens is 2. The SMILES string of the molecule is CCCCCn1nc(C)c(S(N)(=O)=O)c1C. The fraction of sp³-hybridized carbons (Fsp3) is 0.700. The smallest absolute Gasteiger partial charge is 0.241 e. The average Bonchev–Trinajstić information content (AvgIpc) is 2.41. The third-order valence-electron chi connectivity index (χ3n) is 2.57. The number of nitrogens with zero attached hydrogens (tertiary/aromatic N) is 2. The number of aryl methyl sites for hydroxylation is 2. The number of primary sulfonamides is 1. The van der Waals surface area contributed by atoms with E-state index in [0.717, 1.165) is 25.8 Å². The van der Waals surface area contributed by atoms with E-state index in [1.165, 1.54) is 0 Å². The molecular formula is C10H19N3O2S. The van der Waals surface area contributed by atoms with Gasteiger partial charge in [0, 0.05) is 6.54 Å². The lowest BCUT2D eigenvalue weighted by molar-refractivity contribution is 0.538. The normalized spacial score (nSPS) is 12.0.